The van der Waals surface area contributed by atoms with Crippen LogP contribution in [0.1, 0.15) is 0 Å². The second kappa shape index (κ2) is 6.30. The van der Waals surface area contributed by atoms with Crippen LogP contribution in [0.25, 0.3) is 0 Å². The molecule has 0 fully saturated rings. The van der Waals surface area contributed by atoms with Crippen molar-refractivity contribution in [2.45, 2.75) is 6.04 Å². The van der Waals surface area contributed by atoms with E-state index >= 15 is 0 Å². The standard InChI is InChI=1S/C7H16N4O3/c1-11(3-6(8)12)5(4-14-2)7(13)10-9/h5H,3-4,9H2,1-2H3,(H2,8,12)(H,10,13). The fourth-order valence-electron chi connectivity index (χ4n) is 1.01. The highest BCUT2D eigenvalue weighted by Crippen LogP contribution is 1.96. The van der Waals surface area contributed by atoms with Crippen LogP contribution in [0, 0.1) is 0 Å². The molecule has 0 aliphatic rings. The van der Waals surface area contributed by atoms with Crippen molar-refractivity contribution in [2.24, 2.45) is 11.6 Å². The fourth-order valence-corrected chi connectivity index (χ4v) is 1.01. The lowest BCUT2D eigenvalue weighted by Crippen LogP contribution is -2.51. The van der Waals surface area contributed by atoms with Crippen LogP contribution in [-0.4, -0.2) is 50.1 Å². The summed E-state index contributed by atoms with van der Waals surface area (Å²) in [5, 5.41) is 0. The first-order chi connectivity index (χ1) is 6.52. The molecule has 2 amide bonds. The molecular formula is C7H16N4O3. The molecule has 1 unspecified atom stereocenters. The molecule has 0 aromatic carbocycles. The number of hydrogen-bond acceptors (Lipinski definition) is 5. The maximum atomic E-state index is 11.2. The molecular weight excluding hydrogens is 188 g/mol. The summed E-state index contributed by atoms with van der Waals surface area (Å²) < 4.78 is 4.82. The van der Waals surface area contributed by atoms with Crippen LogP contribution in [0.2, 0.25) is 0 Å². The van der Waals surface area contributed by atoms with E-state index in [1.165, 1.54) is 12.0 Å². The first-order valence-corrected chi connectivity index (χ1v) is 4.00. The van der Waals surface area contributed by atoms with Crippen molar-refractivity contribution in [3.05, 3.63) is 0 Å². The van der Waals surface area contributed by atoms with Gasteiger partial charge in [-0.1, -0.05) is 0 Å². The van der Waals surface area contributed by atoms with Crippen molar-refractivity contribution in [1.82, 2.24) is 10.3 Å². The molecule has 0 radical (unpaired) electrons. The molecule has 0 spiro atoms. The van der Waals surface area contributed by atoms with E-state index in [4.69, 9.17) is 16.3 Å². The van der Waals surface area contributed by atoms with Gasteiger partial charge in [-0.15, -0.1) is 0 Å². The summed E-state index contributed by atoms with van der Waals surface area (Å²) in [6.45, 7) is 0.119. The van der Waals surface area contributed by atoms with Gasteiger partial charge in [-0.05, 0) is 7.05 Å². The Labute approximate surface area is 82.3 Å². The maximum Gasteiger partial charge on any atom is 0.253 e. The molecule has 0 rings (SSSR count). The molecule has 14 heavy (non-hydrogen) atoms. The van der Waals surface area contributed by atoms with Crippen LogP contribution in [0.3, 0.4) is 0 Å². The maximum absolute atomic E-state index is 11.2. The Bertz CT molecular complexity index is 209. The average molecular weight is 204 g/mol. The zero-order valence-electron chi connectivity index (χ0n) is 8.32. The Balaban J connectivity index is 4.31. The molecule has 0 aliphatic carbocycles. The number of likely N-dealkylation sites (N-methyl/N-ethyl adjacent to an activating group) is 1. The number of methoxy groups -OCH3 is 1. The number of nitrogens with two attached hydrogens (primary N) is 2. The fraction of sp³-hybridized carbons (Fsp3) is 0.714. The Kier molecular flexibility index (Phi) is 5.77. The Morgan fingerprint density at radius 1 is 1.57 bits per heavy atom. The van der Waals surface area contributed by atoms with Gasteiger partial charge in [-0.25, -0.2) is 5.84 Å². The second-order valence-corrected chi connectivity index (χ2v) is 2.86. The largest absolute Gasteiger partial charge is 0.383 e. The van der Waals surface area contributed by atoms with E-state index in [1.54, 1.807) is 7.05 Å². The summed E-state index contributed by atoms with van der Waals surface area (Å²) in [6, 6.07) is -0.613. The van der Waals surface area contributed by atoms with E-state index in [0.29, 0.717) is 0 Å². The van der Waals surface area contributed by atoms with Crippen LogP contribution >= 0.6 is 0 Å². The van der Waals surface area contributed by atoms with E-state index in [9.17, 15) is 9.59 Å². The molecule has 7 nitrogen and oxygen atoms in total. The van der Waals surface area contributed by atoms with Crippen molar-refractivity contribution in [3.63, 3.8) is 0 Å². The minimum atomic E-state index is -0.613. The number of amides is 2. The van der Waals surface area contributed by atoms with Crippen molar-refractivity contribution in [3.8, 4) is 0 Å². The number of carbonyl (C=O) groups excluding carboxylic acids is 2. The number of hydrazine groups is 1. The van der Waals surface area contributed by atoms with E-state index < -0.39 is 17.9 Å². The van der Waals surface area contributed by atoms with Crippen LogP contribution in [0.4, 0.5) is 0 Å². The Hall–Kier alpha value is -1.18. The molecule has 82 valence electrons. The quantitative estimate of drug-likeness (QED) is 0.250. The molecule has 0 saturated heterocycles. The molecule has 0 aromatic heterocycles. The highest BCUT2D eigenvalue weighted by atomic mass is 16.5. The van der Waals surface area contributed by atoms with Crippen molar-refractivity contribution >= 4 is 11.8 Å². The Morgan fingerprint density at radius 2 is 2.14 bits per heavy atom. The number of hydrogen-bond donors (Lipinski definition) is 3. The first kappa shape index (κ1) is 12.8. The van der Waals surface area contributed by atoms with Crippen molar-refractivity contribution in [1.29, 1.82) is 0 Å². The number of carbonyl (C=O) groups is 2. The Morgan fingerprint density at radius 3 is 2.50 bits per heavy atom. The molecule has 0 aliphatic heterocycles. The highest BCUT2D eigenvalue weighted by molar-refractivity contribution is 5.82. The van der Waals surface area contributed by atoms with Gasteiger partial charge in [-0.2, -0.15) is 0 Å². The van der Waals surface area contributed by atoms with E-state index in [-0.39, 0.29) is 13.2 Å². The molecule has 0 saturated carbocycles. The van der Waals surface area contributed by atoms with Gasteiger partial charge in [-0.3, -0.25) is 19.9 Å². The zero-order valence-corrected chi connectivity index (χ0v) is 8.32. The van der Waals surface area contributed by atoms with Crippen LogP contribution in [0.15, 0.2) is 0 Å². The minimum Gasteiger partial charge on any atom is -0.383 e. The van der Waals surface area contributed by atoms with Gasteiger partial charge >= 0.3 is 0 Å². The lowest BCUT2D eigenvalue weighted by atomic mass is 10.2. The highest BCUT2D eigenvalue weighted by Gasteiger charge is 2.23. The van der Waals surface area contributed by atoms with Gasteiger partial charge < -0.3 is 10.5 Å². The third-order valence-corrected chi connectivity index (χ3v) is 1.71. The van der Waals surface area contributed by atoms with E-state index in [1.807, 2.05) is 5.43 Å². The molecule has 5 N–H and O–H groups in total. The topological polar surface area (TPSA) is 111 Å². The summed E-state index contributed by atoms with van der Waals surface area (Å²) in [4.78, 5) is 23.3. The smallest absolute Gasteiger partial charge is 0.253 e. The zero-order chi connectivity index (χ0) is 11.1. The van der Waals surface area contributed by atoms with Gasteiger partial charge in [0.05, 0.1) is 13.2 Å². The van der Waals surface area contributed by atoms with Gasteiger partial charge in [0.25, 0.3) is 5.91 Å². The van der Waals surface area contributed by atoms with Crippen molar-refractivity contribution in [2.75, 3.05) is 27.3 Å². The van der Waals surface area contributed by atoms with Crippen LogP contribution in [0.5, 0.6) is 0 Å². The van der Waals surface area contributed by atoms with Crippen LogP contribution in [-0.2, 0) is 14.3 Å². The van der Waals surface area contributed by atoms with Gasteiger partial charge in [0.15, 0.2) is 0 Å². The lowest BCUT2D eigenvalue weighted by Gasteiger charge is -2.24. The third kappa shape index (κ3) is 4.17. The van der Waals surface area contributed by atoms with Gasteiger partial charge in [0.2, 0.25) is 5.91 Å². The number of nitrogens with one attached hydrogen (secondary N) is 1. The number of nitrogens with zero attached hydrogens (tertiary/aromatic N) is 1. The summed E-state index contributed by atoms with van der Waals surface area (Å²) >= 11 is 0. The van der Waals surface area contributed by atoms with Crippen molar-refractivity contribution < 1.29 is 14.3 Å². The molecule has 7 heteroatoms. The predicted octanol–water partition coefficient (Wildman–Crippen LogP) is -2.59. The SMILES string of the molecule is COCC(C(=O)NN)N(C)CC(N)=O. The predicted molar refractivity (Wildman–Crippen MR) is 49.8 cm³/mol. The van der Waals surface area contributed by atoms with E-state index in [0.717, 1.165) is 0 Å². The number of primary amides is 1. The number of rotatable bonds is 6. The van der Waals surface area contributed by atoms with Crippen LogP contribution < -0.4 is 17.0 Å². The molecule has 0 bridgehead atoms. The summed E-state index contributed by atoms with van der Waals surface area (Å²) in [6.07, 6.45) is 0. The first-order valence-electron chi connectivity index (χ1n) is 4.00. The van der Waals surface area contributed by atoms with E-state index in [2.05, 4.69) is 0 Å². The summed E-state index contributed by atoms with van der Waals surface area (Å²) in [5.74, 6) is 4.04. The normalized spacial score (nSPS) is 12.6. The average Bonchev–Trinajstić information content (AvgIpc) is 2.11. The lowest BCUT2D eigenvalue weighted by molar-refractivity contribution is -0.129. The minimum absolute atomic E-state index is 0.0263. The second-order valence-electron chi connectivity index (χ2n) is 2.86. The molecule has 0 aromatic rings. The van der Waals surface area contributed by atoms with Gasteiger partial charge in [0, 0.05) is 7.11 Å². The summed E-state index contributed by atoms with van der Waals surface area (Å²) in [5.41, 5.74) is 6.98. The van der Waals surface area contributed by atoms with Gasteiger partial charge in [0.1, 0.15) is 6.04 Å². The number of ether oxygens (including phenoxy) is 1. The molecule has 0 heterocycles. The monoisotopic (exact) mass is 204 g/mol. The summed E-state index contributed by atoms with van der Waals surface area (Å²) in [7, 11) is 3.04. The molecule has 1 atom stereocenters. The third-order valence-electron chi connectivity index (χ3n) is 1.71.